The molecule has 1 aliphatic carbocycles. The number of aromatic nitrogens is 4. The highest BCUT2D eigenvalue weighted by Gasteiger charge is 2.25. The highest BCUT2D eigenvalue weighted by atomic mass is 15.3. The topological polar surface area (TPSA) is 43.1 Å². The van der Waals surface area contributed by atoms with Crippen molar-refractivity contribution in [3.05, 3.63) is 60.0 Å². The number of benzene rings is 1. The highest BCUT2D eigenvalue weighted by molar-refractivity contribution is 5.84. The molecule has 4 nitrogen and oxygen atoms in total. The fourth-order valence-electron chi connectivity index (χ4n) is 3.51. The van der Waals surface area contributed by atoms with Gasteiger partial charge in [0.15, 0.2) is 11.3 Å². The molecule has 3 aromatic heterocycles. The molecule has 0 unspecified atom stereocenters. The van der Waals surface area contributed by atoms with Gasteiger partial charge in [0.25, 0.3) is 0 Å². The van der Waals surface area contributed by atoms with Crippen LogP contribution in [0.15, 0.2) is 48.7 Å². The second kappa shape index (κ2) is 5.13. The number of pyridine rings is 1. The molecule has 0 aliphatic heterocycles. The van der Waals surface area contributed by atoms with Crippen LogP contribution in [0.2, 0.25) is 0 Å². The lowest BCUT2D eigenvalue weighted by molar-refractivity contribution is 0.413. The summed E-state index contributed by atoms with van der Waals surface area (Å²) in [5, 5.41) is 5.61. The lowest BCUT2D eigenvalue weighted by atomic mass is 9.80. The van der Waals surface area contributed by atoms with Gasteiger partial charge in [0.1, 0.15) is 0 Å². The lowest BCUT2D eigenvalue weighted by Crippen LogP contribution is -2.13. The van der Waals surface area contributed by atoms with Gasteiger partial charge in [-0.3, -0.25) is 0 Å². The van der Waals surface area contributed by atoms with Crippen molar-refractivity contribution >= 4 is 16.7 Å². The molecule has 0 saturated heterocycles. The van der Waals surface area contributed by atoms with E-state index in [2.05, 4.69) is 46.5 Å². The van der Waals surface area contributed by atoms with E-state index in [-0.39, 0.29) is 0 Å². The predicted octanol–water partition coefficient (Wildman–Crippen LogP) is 4.52. The molecule has 4 heteroatoms. The molecule has 1 saturated carbocycles. The number of hydrogen-bond acceptors (Lipinski definition) is 3. The van der Waals surface area contributed by atoms with Crippen molar-refractivity contribution in [2.24, 2.45) is 0 Å². The van der Waals surface area contributed by atoms with Crippen LogP contribution in [0.25, 0.3) is 27.8 Å². The van der Waals surface area contributed by atoms with Crippen LogP contribution < -0.4 is 0 Å². The third-order valence-corrected chi connectivity index (χ3v) is 4.99. The van der Waals surface area contributed by atoms with Crippen LogP contribution in [0.4, 0.5) is 0 Å². The summed E-state index contributed by atoms with van der Waals surface area (Å²) in [6.45, 7) is 1.99. The summed E-state index contributed by atoms with van der Waals surface area (Å²) >= 11 is 0. The van der Waals surface area contributed by atoms with Crippen molar-refractivity contribution in [3.63, 3.8) is 0 Å². The Hall–Kier alpha value is -2.75. The number of fused-ring (bicyclic) bond motifs is 3. The SMILES string of the molecule is Cc1cc2ncc3cc(-c4ccccc4)c(C4CCC4)nc3n2n1. The predicted molar refractivity (Wildman–Crippen MR) is 95.1 cm³/mol. The van der Waals surface area contributed by atoms with Crippen LogP contribution in [0.3, 0.4) is 0 Å². The fourth-order valence-corrected chi connectivity index (χ4v) is 3.51. The van der Waals surface area contributed by atoms with Gasteiger partial charge in [-0.1, -0.05) is 36.8 Å². The van der Waals surface area contributed by atoms with E-state index in [0.29, 0.717) is 5.92 Å². The van der Waals surface area contributed by atoms with E-state index in [4.69, 9.17) is 4.98 Å². The van der Waals surface area contributed by atoms with Crippen molar-refractivity contribution in [2.45, 2.75) is 32.1 Å². The van der Waals surface area contributed by atoms with Gasteiger partial charge in [0.05, 0.1) is 11.4 Å². The lowest BCUT2D eigenvalue weighted by Gasteiger charge is -2.27. The smallest absolute Gasteiger partial charge is 0.164 e. The quantitative estimate of drug-likeness (QED) is 0.546. The zero-order valence-electron chi connectivity index (χ0n) is 13.6. The van der Waals surface area contributed by atoms with E-state index in [1.165, 1.54) is 36.1 Å². The van der Waals surface area contributed by atoms with Crippen LogP contribution in [0, 0.1) is 6.92 Å². The van der Waals surface area contributed by atoms with E-state index in [1.54, 1.807) is 0 Å². The molecule has 3 heterocycles. The van der Waals surface area contributed by atoms with E-state index in [1.807, 2.05) is 23.7 Å². The first-order chi connectivity index (χ1) is 11.8. The van der Waals surface area contributed by atoms with Gasteiger partial charge in [-0.15, -0.1) is 0 Å². The minimum Gasteiger partial charge on any atom is -0.236 e. The normalized spacial score (nSPS) is 15.0. The van der Waals surface area contributed by atoms with Crippen molar-refractivity contribution in [1.29, 1.82) is 0 Å². The zero-order valence-corrected chi connectivity index (χ0v) is 13.6. The number of rotatable bonds is 2. The van der Waals surface area contributed by atoms with E-state index < -0.39 is 0 Å². The summed E-state index contributed by atoms with van der Waals surface area (Å²) in [6, 6.07) is 14.8. The minimum absolute atomic E-state index is 0.560. The monoisotopic (exact) mass is 314 g/mol. The fraction of sp³-hybridized carbons (Fsp3) is 0.250. The first-order valence-corrected chi connectivity index (χ1v) is 8.51. The van der Waals surface area contributed by atoms with E-state index >= 15 is 0 Å². The first kappa shape index (κ1) is 13.7. The standard InChI is InChI=1S/C20H18N4/c1-13-10-18-21-12-16-11-17(14-6-3-2-4-7-14)19(15-8-5-9-15)22-20(16)24(18)23-13/h2-4,6-7,10-12,15H,5,8-9H2,1H3. The molecule has 0 atom stereocenters. The maximum absolute atomic E-state index is 5.08. The zero-order chi connectivity index (χ0) is 16.1. The van der Waals surface area contributed by atoms with Crippen molar-refractivity contribution < 1.29 is 0 Å². The van der Waals surface area contributed by atoms with Crippen LogP contribution in [0.1, 0.15) is 36.6 Å². The molecular weight excluding hydrogens is 296 g/mol. The second-order valence-corrected chi connectivity index (χ2v) is 6.64. The van der Waals surface area contributed by atoms with Crippen molar-refractivity contribution in [2.75, 3.05) is 0 Å². The molecule has 1 aliphatic rings. The Labute approximate surface area is 140 Å². The Morgan fingerprint density at radius 2 is 1.92 bits per heavy atom. The van der Waals surface area contributed by atoms with Crippen molar-refractivity contribution in [3.8, 4) is 11.1 Å². The maximum Gasteiger partial charge on any atom is 0.164 e. The molecular formula is C20H18N4. The Morgan fingerprint density at radius 1 is 1.08 bits per heavy atom. The third-order valence-electron chi connectivity index (χ3n) is 4.99. The Kier molecular flexibility index (Phi) is 2.92. The van der Waals surface area contributed by atoms with Crippen molar-refractivity contribution in [1.82, 2.24) is 19.6 Å². The number of hydrogen-bond donors (Lipinski definition) is 0. The van der Waals surface area contributed by atoms with Gasteiger partial charge in [0.2, 0.25) is 0 Å². The maximum atomic E-state index is 5.08. The van der Waals surface area contributed by atoms with Gasteiger partial charge >= 0.3 is 0 Å². The average molecular weight is 314 g/mol. The molecule has 24 heavy (non-hydrogen) atoms. The largest absolute Gasteiger partial charge is 0.236 e. The minimum atomic E-state index is 0.560. The summed E-state index contributed by atoms with van der Waals surface area (Å²) in [6.07, 6.45) is 5.66. The van der Waals surface area contributed by atoms with Crippen LogP contribution >= 0.6 is 0 Å². The van der Waals surface area contributed by atoms with Crippen LogP contribution in [-0.2, 0) is 0 Å². The van der Waals surface area contributed by atoms with Gasteiger partial charge in [-0.2, -0.15) is 9.61 Å². The number of aryl methyl sites for hydroxylation is 1. The van der Waals surface area contributed by atoms with Gasteiger partial charge < -0.3 is 0 Å². The van der Waals surface area contributed by atoms with E-state index in [9.17, 15) is 0 Å². The molecule has 1 fully saturated rings. The second-order valence-electron chi connectivity index (χ2n) is 6.64. The van der Waals surface area contributed by atoms with Crippen LogP contribution in [-0.4, -0.2) is 19.6 Å². The molecule has 4 aromatic rings. The van der Waals surface area contributed by atoms with E-state index in [0.717, 1.165) is 22.4 Å². The average Bonchev–Trinajstić information content (AvgIpc) is 2.94. The molecule has 118 valence electrons. The van der Waals surface area contributed by atoms with Gasteiger partial charge in [-0.05, 0) is 31.4 Å². The molecule has 0 bridgehead atoms. The number of nitrogens with zero attached hydrogens (tertiary/aromatic N) is 4. The Bertz CT molecular complexity index is 1050. The van der Waals surface area contributed by atoms with Gasteiger partial charge in [0, 0.05) is 29.1 Å². The molecule has 5 rings (SSSR count). The van der Waals surface area contributed by atoms with Crippen LogP contribution in [0.5, 0.6) is 0 Å². The summed E-state index contributed by atoms with van der Waals surface area (Å²) in [4.78, 5) is 9.61. The molecule has 0 radical (unpaired) electrons. The summed E-state index contributed by atoms with van der Waals surface area (Å²) in [5.41, 5.74) is 6.41. The Balaban J connectivity index is 1.83. The molecule has 0 amide bonds. The highest BCUT2D eigenvalue weighted by Crippen LogP contribution is 2.41. The first-order valence-electron chi connectivity index (χ1n) is 8.51. The molecule has 1 aromatic carbocycles. The van der Waals surface area contributed by atoms with Gasteiger partial charge in [-0.25, -0.2) is 9.97 Å². The molecule has 0 spiro atoms. The summed E-state index contributed by atoms with van der Waals surface area (Å²) in [5.74, 6) is 0.560. The summed E-state index contributed by atoms with van der Waals surface area (Å²) in [7, 11) is 0. The third kappa shape index (κ3) is 2.03. The summed E-state index contributed by atoms with van der Waals surface area (Å²) < 4.78 is 1.88. The Morgan fingerprint density at radius 3 is 2.67 bits per heavy atom. The molecule has 0 N–H and O–H groups in total.